The van der Waals surface area contributed by atoms with Gasteiger partial charge in [0.05, 0.1) is 0 Å². The van der Waals surface area contributed by atoms with E-state index in [-0.39, 0.29) is 0 Å². The molecule has 2 nitrogen and oxygen atoms in total. The summed E-state index contributed by atoms with van der Waals surface area (Å²) in [6.45, 7) is 2.30. The van der Waals surface area contributed by atoms with Gasteiger partial charge in [0, 0.05) is 5.92 Å². The highest BCUT2D eigenvalue weighted by Crippen LogP contribution is 2.54. The molecule has 3 atom stereocenters. The van der Waals surface area contributed by atoms with Gasteiger partial charge in [-0.1, -0.05) is 198 Å². The average molecular weight is 593 g/mol. The van der Waals surface area contributed by atoms with Gasteiger partial charge in [0.2, 0.25) is 0 Å². The fourth-order valence-electron chi connectivity index (χ4n) is 8.48. The molecule has 0 aromatic carbocycles. The molecular formula is C38H73O2P. The summed E-state index contributed by atoms with van der Waals surface area (Å²) in [5.74, 6) is 1.07. The maximum absolute atomic E-state index is 13.2. The third kappa shape index (κ3) is 16.6. The lowest BCUT2D eigenvalue weighted by atomic mass is 9.70. The molecule has 2 saturated carbocycles. The van der Waals surface area contributed by atoms with Gasteiger partial charge in [-0.3, -0.25) is 0 Å². The molecule has 3 unspecified atom stereocenters. The number of unbranched alkanes of at least 4 members (excludes halogenated alkanes) is 17. The van der Waals surface area contributed by atoms with E-state index in [4.69, 9.17) is 0 Å². The highest BCUT2D eigenvalue weighted by Gasteiger charge is 2.51. The Morgan fingerprint density at radius 1 is 0.512 bits per heavy atom. The van der Waals surface area contributed by atoms with E-state index in [1.807, 2.05) is 0 Å². The summed E-state index contributed by atoms with van der Waals surface area (Å²) in [6.07, 6.45) is 45.0. The number of hydrogen-bond acceptors (Lipinski definition) is 2. The molecule has 0 spiro atoms. The fourth-order valence-corrected chi connectivity index (χ4v) is 9.77. The molecule has 0 heterocycles. The predicted molar refractivity (Wildman–Crippen MR) is 180 cm³/mol. The average Bonchev–Trinajstić information content (AvgIpc) is 3.17. The van der Waals surface area contributed by atoms with Crippen LogP contribution in [0.4, 0.5) is 0 Å². The second-order valence-corrected chi connectivity index (χ2v) is 15.9. The number of hydrogen-bond donors (Lipinski definition) is 0. The Morgan fingerprint density at radius 3 is 1.32 bits per heavy atom. The first-order chi connectivity index (χ1) is 20.2. The molecule has 0 saturated heterocycles. The summed E-state index contributed by atoms with van der Waals surface area (Å²) in [7, 11) is -2.37. The Balaban J connectivity index is 1.65. The van der Waals surface area contributed by atoms with Gasteiger partial charge in [0.25, 0.3) is 0 Å². The van der Waals surface area contributed by atoms with Gasteiger partial charge in [0.15, 0.2) is 5.16 Å². The smallest absolute Gasteiger partial charge is 0.315 e. The highest BCUT2D eigenvalue weighted by atomic mass is 31.1. The minimum atomic E-state index is -2.37. The monoisotopic (exact) mass is 593 g/mol. The maximum Gasteiger partial charge on any atom is 0.315 e. The van der Waals surface area contributed by atoms with Crippen LogP contribution in [0.15, 0.2) is 0 Å². The first-order valence-corrected chi connectivity index (χ1v) is 20.5. The van der Waals surface area contributed by atoms with Crippen molar-refractivity contribution < 1.29 is 9.46 Å². The van der Waals surface area contributed by atoms with Crippen LogP contribution in [-0.4, -0.2) is 5.16 Å². The lowest BCUT2D eigenvalue weighted by Gasteiger charge is -2.39. The third-order valence-electron chi connectivity index (χ3n) is 11.1. The van der Waals surface area contributed by atoms with Gasteiger partial charge in [0.1, 0.15) is 0 Å². The van der Waals surface area contributed by atoms with Gasteiger partial charge >= 0.3 is 8.03 Å². The molecule has 3 heteroatoms. The van der Waals surface area contributed by atoms with Gasteiger partial charge in [-0.2, -0.15) is 0 Å². The second-order valence-electron chi connectivity index (χ2n) is 14.5. The van der Waals surface area contributed by atoms with Crippen molar-refractivity contribution in [2.45, 2.75) is 230 Å². The first-order valence-electron chi connectivity index (χ1n) is 19.3. The zero-order chi connectivity index (χ0) is 29.3. The molecule has 0 bridgehead atoms. The molecule has 0 aliphatic heterocycles. The highest BCUT2D eigenvalue weighted by molar-refractivity contribution is 7.38. The predicted octanol–water partition coefficient (Wildman–Crippen LogP) is 13.4. The zero-order valence-corrected chi connectivity index (χ0v) is 28.9. The Labute approximate surface area is 259 Å². The van der Waals surface area contributed by atoms with Crippen molar-refractivity contribution in [3.63, 3.8) is 0 Å². The van der Waals surface area contributed by atoms with E-state index in [0.717, 1.165) is 25.7 Å². The summed E-state index contributed by atoms with van der Waals surface area (Å²) in [5, 5.41) is -0.409. The zero-order valence-electron chi connectivity index (χ0n) is 28.0. The van der Waals surface area contributed by atoms with Crippen molar-refractivity contribution in [3.05, 3.63) is 0 Å². The molecule has 0 radical (unpaired) electrons. The molecule has 0 aromatic heterocycles. The molecule has 2 aliphatic rings. The normalized spacial score (nSPS) is 24.0. The van der Waals surface area contributed by atoms with Crippen molar-refractivity contribution in [2.75, 3.05) is 0 Å². The Kier molecular flexibility index (Phi) is 23.1. The van der Waals surface area contributed by atoms with Crippen LogP contribution in [0.25, 0.3) is 0 Å². The fraction of sp³-hybridized carbons (Fsp3) is 1.00. The van der Waals surface area contributed by atoms with Crippen LogP contribution in [0, 0.1) is 11.8 Å². The van der Waals surface area contributed by atoms with E-state index in [1.54, 1.807) is 0 Å². The van der Waals surface area contributed by atoms with E-state index in [1.165, 1.54) is 193 Å². The third-order valence-corrected chi connectivity index (χ3v) is 12.6. The molecule has 0 aromatic rings. The van der Waals surface area contributed by atoms with Crippen LogP contribution < -0.4 is 4.89 Å². The van der Waals surface area contributed by atoms with Crippen molar-refractivity contribution in [2.24, 2.45) is 11.8 Å². The van der Waals surface area contributed by atoms with Crippen LogP contribution in [-0.2, 0) is 4.57 Å². The molecular weight excluding hydrogens is 519 g/mol. The quantitative estimate of drug-likeness (QED) is 0.0982. The van der Waals surface area contributed by atoms with E-state index in [0.29, 0.717) is 11.8 Å². The standard InChI is InChI=1S/C38H73O2P/c1-2-3-4-5-6-7-8-9-10-11-12-13-14-15-16-19-24-29-34-38(41(39)40)35-30-25-20-23-28-33-37(38)36-31-26-21-17-18-22-27-32-36/h36-37H,2-35H2,1H3. The minimum Gasteiger partial charge on any atom is -0.595 e. The van der Waals surface area contributed by atoms with E-state index < -0.39 is 13.2 Å². The van der Waals surface area contributed by atoms with E-state index in [9.17, 15) is 9.46 Å². The van der Waals surface area contributed by atoms with Crippen LogP contribution in [0.2, 0.25) is 0 Å². The first kappa shape index (κ1) is 37.2. The SMILES string of the molecule is CCCCCCCCCCCCCCCCCCCCC1([P+](=O)[O-])CCCCCCCC1C1CCCCCCCC1. The number of rotatable bonds is 21. The molecule has 2 rings (SSSR count). The lowest BCUT2D eigenvalue weighted by molar-refractivity contribution is -0.173. The van der Waals surface area contributed by atoms with Crippen LogP contribution in [0.1, 0.15) is 225 Å². The van der Waals surface area contributed by atoms with E-state index in [2.05, 4.69) is 6.92 Å². The lowest BCUT2D eigenvalue weighted by Crippen LogP contribution is -2.41. The summed E-state index contributed by atoms with van der Waals surface area (Å²) in [4.78, 5) is 13.2. The van der Waals surface area contributed by atoms with Crippen molar-refractivity contribution >= 4 is 8.03 Å². The van der Waals surface area contributed by atoms with Gasteiger partial charge in [-0.25, -0.2) is 0 Å². The van der Waals surface area contributed by atoms with E-state index >= 15 is 0 Å². The summed E-state index contributed by atoms with van der Waals surface area (Å²) in [5.41, 5.74) is 0. The van der Waals surface area contributed by atoms with Crippen molar-refractivity contribution in [1.29, 1.82) is 0 Å². The molecule has 0 amide bonds. The second kappa shape index (κ2) is 25.4. The minimum absolute atomic E-state index is 0.409. The molecule has 2 fully saturated rings. The Morgan fingerprint density at radius 2 is 0.878 bits per heavy atom. The van der Waals surface area contributed by atoms with Crippen molar-refractivity contribution in [1.82, 2.24) is 0 Å². The van der Waals surface area contributed by atoms with Crippen molar-refractivity contribution in [3.8, 4) is 0 Å². The topological polar surface area (TPSA) is 40.1 Å². The maximum atomic E-state index is 13.2. The summed E-state index contributed by atoms with van der Waals surface area (Å²) in [6, 6.07) is 0. The van der Waals surface area contributed by atoms with Crippen LogP contribution >= 0.6 is 8.03 Å². The molecule has 2 aliphatic carbocycles. The van der Waals surface area contributed by atoms with Crippen LogP contribution in [0.5, 0.6) is 0 Å². The molecule has 41 heavy (non-hydrogen) atoms. The Hall–Kier alpha value is 0.0600. The van der Waals surface area contributed by atoms with Crippen LogP contribution in [0.3, 0.4) is 0 Å². The summed E-state index contributed by atoms with van der Waals surface area (Å²) < 4.78 is 13.2. The van der Waals surface area contributed by atoms with Gasteiger partial charge < -0.3 is 4.89 Å². The molecule has 0 N–H and O–H groups in total. The molecule has 242 valence electrons. The van der Waals surface area contributed by atoms with Gasteiger partial charge in [-0.05, 0) is 38.0 Å². The van der Waals surface area contributed by atoms with Gasteiger partial charge in [-0.15, -0.1) is 0 Å². The largest absolute Gasteiger partial charge is 0.595 e. The Bertz CT molecular complexity index is 597. The summed E-state index contributed by atoms with van der Waals surface area (Å²) >= 11 is 0.